The van der Waals surface area contributed by atoms with Gasteiger partial charge in [-0.3, -0.25) is 19.2 Å². The van der Waals surface area contributed by atoms with Gasteiger partial charge < -0.3 is 0 Å². The van der Waals surface area contributed by atoms with E-state index in [1.165, 1.54) is 30.3 Å². The fourth-order valence-corrected chi connectivity index (χ4v) is 4.74. The van der Waals surface area contributed by atoms with Gasteiger partial charge >= 0.3 is 0 Å². The zero-order valence-corrected chi connectivity index (χ0v) is 19.9. The summed E-state index contributed by atoms with van der Waals surface area (Å²) in [6, 6.07) is 18.0. The molecule has 0 atom stereocenters. The number of hydrazone groups is 1. The number of nitro groups is 1. The number of nitrogens with zero attached hydrogens (tertiary/aromatic N) is 3. The molecule has 33 heavy (non-hydrogen) atoms. The van der Waals surface area contributed by atoms with Gasteiger partial charge in [-0.1, -0.05) is 51.8 Å². The summed E-state index contributed by atoms with van der Waals surface area (Å²) in [4.78, 5) is 22.9. The molecule has 0 fully saturated rings. The molecule has 0 aliphatic heterocycles. The van der Waals surface area contributed by atoms with Crippen LogP contribution >= 0.6 is 27.5 Å². The molecule has 12 heteroatoms. The lowest BCUT2D eigenvalue weighted by atomic mass is 10.2. The molecule has 0 saturated heterocycles. The molecule has 3 rings (SSSR count). The highest BCUT2D eigenvalue weighted by atomic mass is 79.9. The number of carbonyl (C=O) groups excluding carboxylic acids is 1. The first-order valence-electron chi connectivity index (χ1n) is 9.27. The summed E-state index contributed by atoms with van der Waals surface area (Å²) in [5.41, 5.74) is 2.52. The van der Waals surface area contributed by atoms with Crippen molar-refractivity contribution in [3.63, 3.8) is 0 Å². The Kier molecular flexibility index (Phi) is 7.79. The van der Waals surface area contributed by atoms with Crippen LogP contribution in [-0.2, 0) is 14.8 Å². The second-order valence-corrected chi connectivity index (χ2v) is 9.75. The number of carbonyl (C=O) groups is 1. The van der Waals surface area contributed by atoms with Gasteiger partial charge in [0, 0.05) is 27.2 Å². The van der Waals surface area contributed by atoms with E-state index in [2.05, 4.69) is 26.5 Å². The van der Waals surface area contributed by atoms with Gasteiger partial charge in [0.05, 0.1) is 21.7 Å². The molecule has 0 heterocycles. The molecule has 3 aromatic carbocycles. The number of hydrogen-bond donors (Lipinski definition) is 1. The molecule has 0 bridgehead atoms. The largest absolute Gasteiger partial charge is 0.271 e. The highest BCUT2D eigenvalue weighted by Gasteiger charge is 2.27. The van der Waals surface area contributed by atoms with Gasteiger partial charge in [0.2, 0.25) is 0 Å². The predicted octanol–water partition coefficient (Wildman–Crippen LogP) is 4.36. The van der Waals surface area contributed by atoms with E-state index in [0.29, 0.717) is 4.47 Å². The first-order chi connectivity index (χ1) is 15.7. The van der Waals surface area contributed by atoms with E-state index < -0.39 is 27.4 Å². The average molecular weight is 552 g/mol. The van der Waals surface area contributed by atoms with Crippen LogP contribution in [0.2, 0.25) is 5.02 Å². The number of nitro benzene ring substituents is 1. The van der Waals surface area contributed by atoms with E-state index in [0.717, 1.165) is 10.5 Å². The number of sulfonamides is 1. The summed E-state index contributed by atoms with van der Waals surface area (Å²) < 4.78 is 28.1. The smallest absolute Gasteiger partial charge is 0.270 e. The summed E-state index contributed by atoms with van der Waals surface area (Å²) in [5.74, 6) is -0.729. The molecule has 0 radical (unpaired) electrons. The van der Waals surface area contributed by atoms with Crippen LogP contribution in [0.15, 0.2) is 87.3 Å². The van der Waals surface area contributed by atoms with E-state index >= 15 is 0 Å². The minimum atomic E-state index is -4.06. The molecule has 1 amide bonds. The maximum atomic E-state index is 13.2. The van der Waals surface area contributed by atoms with Crippen molar-refractivity contribution in [2.45, 2.75) is 4.90 Å². The van der Waals surface area contributed by atoms with E-state index in [-0.39, 0.29) is 26.9 Å². The molecule has 170 valence electrons. The Morgan fingerprint density at radius 1 is 1.12 bits per heavy atom. The summed E-state index contributed by atoms with van der Waals surface area (Å²) in [6.07, 6.45) is 1.14. The van der Waals surface area contributed by atoms with E-state index in [9.17, 15) is 23.3 Å². The number of amides is 1. The topological polar surface area (TPSA) is 122 Å². The van der Waals surface area contributed by atoms with Gasteiger partial charge in [-0.25, -0.2) is 13.8 Å². The first-order valence-corrected chi connectivity index (χ1v) is 11.9. The monoisotopic (exact) mass is 550 g/mol. The summed E-state index contributed by atoms with van der Waals surface area (Å²) in [5, 5.41) is 14.9. The Bertz CT molecular complexity index is 1320. The lowest BCUT2D eigenvalue weighted by Crippen LogP contribution is -2.39. The number of hydrogen-bond acceptors (Lipinski definition) is 6. The Labute approximate surface area is 203 Å². The molecule has 3 aromatic rings. The highest BCUT2D eigenvalue weighted by Crippen LogP contribution is 2.26. The molecule has 0 unspecified atom stereocenters. The Hall–Kier alpha value is -3.28. The van der Waals surface area contributed by atoms with Crippen LogP contribution in [0, 0.1) is 10.1 Å². The van der Waals surface area contributed by atoms with Crippen LogP contribution in [0.5, 0.6) is 0 Å². The zero-order valence-electron chi connectivity index (χ0n) is 16.8. The third-order valence-electron chi connectivity index (χ3n) is 4.30. The number of rotatable bonds is 8. The minimum Gasteiger partial charge on any atom is -0.271 e. The fourth-order valence-electron chi connectivity index (χ4n) is 2.75. The van der Waals surface area contributed by atoms with Crippen LogP contribution in [0.3, 0.4) is 0 Å². The van der Waals surface area contributed by atoms with Crippen LogP contribution in [0.25, 0.3) is 0 Å². The molecular weight excluding hydrogens is 536 g/mol. The Morgan fingerprint density at radius 3 is 2.52 bits per heavy atom. The van der Waals surface area contributed by atoms with E-state index in [1.807, 2.05) is 0 Å². The minimum absolute atomic E-state index is 0.0182. The van der Waals surface area contributed by atoms with Crippen molar-refractivity contribution in [3.05, 3.63) is 98.0 Å². The van der Waals surface area contributed by atoms with Crippen LogP contribution in [0.1, 0.15) is 5.56 Å². The van der Waals surface area contributed by atoms with Crippen molar-refractivity contribution in [1.29, 1.82) is 0 Å². The van der Waals surface area contributed by atoms with Gasteiger partial charge in [-0.05, 0) is 36.4 Å². The lowest BCUT2D eigenvalue weighted by Gasteiger charge is -2.23. The van der Waals surface area contributed by atoms with Crippen molar-refractivity contribution in [2.75, 3.05) is 10.8 Å². The highest BCUT2D eigenvalue weighted by molar-refractivity contribution is 9.10. The standard InChI is InChI=1S/C21H16BrClN4O5S/c22-16-5-4-6-17(12-16)26(33(31,32)19-7-2-1-3-8-19)14-21(28)25-24-13-15-11-18(27(29)30)9-10-20(15)23/h1-13H,14H2,(H,25,28)/b24-13-. The molecule has 0 aromatic heterocycles. The summed E-state index contributed by atoms with van der Waals surface area (Å²) in [6.45, 7) is -0.562. The third-order valence-corrected chi connectivity index (χ3v) is 6.92. The second-order valence-electron chi connectivity index (χ2n) is 6.56. The summed E-state index contributed by atoms with van der Waals surface area (Å²) in [7, 11) is -4.06. The van der Waals surface area contributed by atoms with E-state index in [1.54, 1.807) is 42.5 Å². The van der Waals surface area contributed by atoms with Crippen molar-refractivity contribution >= 4 is 61.1 Å². The van der Waals surface area contributed by atoms with Crippen LogP contribution in [0.4, 0.5) is 11.4 Å². The molecule has 0 saturated carbocycles. The van der Waals surface area contributed by atoms with Crippen molar-refractivity contribution < 1.29 is 18.1 Å². The number of halogens is 2. The van der Waals surface area contributed by atoms with Crippen LogP contribution in [-0.4, -0.2) is 32.0 Å². The molecule has 1 N–H and O–H groups in total. The fraction of sp³-hybridized carbons (Fsp3) is 0.0476. The maximum absolute atomic E-state index is 13.2. The van der Waals surface area contributed by atoms with Gasteiger partial charge in [-0.15, -0.1) is 0 Å². The number of nitrogens with one attached hydrogen (secondary N) is 1. The Balaban J connectivity index is 1.83. The zero-order chi connectivity index (χ0) is 24.0. The number of benzene rings is 3. The number of anilines is 1. The first kappa shape index (κ1) is 24.4. The van der Waals surface area contributed by atoms with Crippen LogP contribution < -0.4 is 9.73 Å². The quantitative estimate of drug-likeness (QED) is 0.253. The van der Waals surface area contributed by atoms with Crippen molar-refractivity contribution in [2.24, 2.45) is 5.10 Å². The Morgan fingerprint density at radius 2 is 1.85 bits per heavy atom. The van der Waals surface area contributed by atoms with Gasteiger partial charge in [-0.2, -0.15) is 5.10 Å². The van der Waals surface area contributed by atoms with Crippen molar-refractivity contribution in [1.82, 2.24) is 5.43 Å². The average Bonchev–Trinajstić information content (AvgIpc) is 2.79. The number of non-ortho nitro benzene ring substituents is 1. The predicted molar refractivity (Wildman–Crippen MR) is 129 cm³/mol. The third kappa shape index (κ3) is 6.15. The van der Waals surface area contributed by atoms with Crippen molar-refractivity contribution in [3.8, 4) is 0 Å². The SMILES string of the molecule is O=C(CN(c1cccc(Br)c1)S(=O)(=O)c1ccccc1)N/N=C\c1cc([N+](=O)[O-])ccc1Cl. The summed E-state index contributed by atoms with van der Waals surface area (Å²) >= 11 is 9.31. The van der Waals surface area contributed by atoms with E-state index in [4.69, 9.17) is 11.6 Å². The second kappa shape index (κ2) is 10.6. The molecule has 0 aliphatic rings. The van der Waals surface area contributed by atoms with Gasteiger partial charge in [0.15, 0.2) is 0 Å². The molecule has 0 aliphatic carbocycles. The van der Waals surface area contributed by atoms with Gasteiger partial charge in [0.1, 0.15) is 6.54 Å². The maximum Gasteiger partial charge on any atom is 0.270 e. The normalized spacial score (nSPS) is 11.3. The molecular formula is C21H16BrClN4O5S. The molecule has 9 nitrogen and oxygen atoms in total. The lowest BCUT2D eigenvalue weighted by molar-refractivity contribution is -0.384. The van der Waals surface area contributed by atoms with Gasteiger partial charge in [0.25, 0.3) is 21.6 Å². The molecule has 0 spiro atoms.